The topological polar surface area (TPSA) is 171 Å². The van der Waals surface area contributed by atoms with Gasteiger partial charge in [-0.05, 0) is 17.1 Å². The number of hydrogen-bond donors (Lipinski definition) is 3. The highest BCUT2D eigenvalue weighted by Crippen LogP contribution is 2.40. The maximum absolute atomic E-state index is 12.6. The summed E-state index contributed by atoms with van der Waals surface area (Å²) in [4.78, 5) is 56.7. The van der Waals surface area contributed by atoms with Crippen molar-refractivity contribution in [3.05, 3.63) is 35.3 Å². The van der Waals surface area contributed by atoms with Crippen LogP contribution in [0.3, 0.4) is 0 Å². The smallest absolute Gasteiger partial charge is 0.352 e. The summed E-state index contributed by atoms with van der Waals surface area (Å²) in [7, 11) is 0. The van der Waals surface area contributed by atoms with Gasteiger partial charge in [-0.3, -0.25) is 14.5 Å². The summed E-state index contributed by atoms with van der Waals surface area (Å²) in [6.45, 7) is 2.77. The van der Waals surface area contributed by atoms with Gasteiger partial charge in [-0.25, -0.2) is 14.6 Å². The van der Waals surface area contributed by atoms with Gasteiger partial charge in [-0.1, -0.05) is 17.8 Å². The molecule has 1 saturated heterocycles. The van der Waals surface area contributed by atoms with Crippen molar-refractivity contribution in [1.29, 1.82) is 0 Å². The summed E-state index contributed by atoms with van der Waals surface area (Å²) in [6, 6.07) is -1.00. The number of rotatable bonds is 8. The Morgan fingerprint density at radius 1 is 1.45 bits per heavy atom. The van der Waals surface area contributed by atoms with Crippen molar-refractivity contribution in [3.63, 3.8) is 0 Å². The minimum Gasteiger partial charge on any atom is -0.479 e. The summed E-state index contributed by atoms with van der Waals surface area (Å²) in [6.07, 6.45) is 1.38. The number of allylic oxidation sites excluding steroid dienone is 1. The minimum atomic E-state index is -1.30. The van der Waals surface area contributed by atoms with Crippen LogP contribution in [0.1, 0.15) is 5.82 Å². The zero-order chi connectivity index (χ0) is 21.1. The Bertz CT molecular complexity index is 943. The average Bonchev–Trinajstić information content (AvgIpc) is 3.21. The highest BCUT2D eigenvalue weighted by molar-refractivity contribution is 8.00. The van der Waals surface area contributed by atoms with Gasteiger partial charge in [-0.15, -0.1) is 11.8 Å². The second-order valence-electron chi connectivity index (χ2n) is 5.61. The van der Waals surface area contributed by atoms with Crippen LogP contribution in [0.5, 0.6) is 0 Å². The van der Waals surface area contributed by atoms with Crippen molar-refractivity contribution in [1.82, 2.24) is 19.6 Å². The highest BCUT2D eigenvalue weighted by atomic mass is 32.2. The number of thioether (sulfide) groups is 1. The quantitative estimate of drug-likeness (QED) is 0.266. The molecule has 1 aromatic rings. The van der Waals surface area contributed by atoms with Crippen LogP contribution in [0.4, 0.5) is 0 Å². The van der Waals surface area contributed by atoms with Crippen LogP contribution in [-0.4, -0.2) is 77.7 Å². The molecule has 2 atom stereocenters. The number of fused-ring (bicyclic) bond motifs is 1. The lowest BCUT2D eigenvalue weighted by Gasteiger charge is -2.49. The number of aliphatic carboxylic acids is 2. The van der Waals surface area contributed by atoms with Crippen LogP contribution in [0, 0.1) is 0 Å². The monoisotopic (exact) mass is 439 g/mol. The lowest BCUT2D eigenvalue weighted by atomic mass is 10.0. The zero-order valence-electron chi connectivity index (χ0n) is 14.5. The van der Waals surface area contributed by atoms with Crippen molar-refractivity contribution >= 4 is 52.8 Å². The number of nitrogens with zero attached hydrogens (tertiary/aromatic N) is 4. The SMILES string of the molecule is C=CC1=C(C(=O)O)N2C(=O)C(NC(=O)C(=NOCC(=O)O)c3ncsn3)[C@H]2SC1. The lowest BCUT2D eigenvalue weighted by Crippen LogP contribution is -2.71. The molecule has 3 rings (SSSR count). The normalized spacial score (nSPS) is 21.2. The average molecular weight is 439 g/mol. The molecule has 1 aromatic heterocycles. The highest BCUT2D eigenvalue weighted by Gasteiger charge is 2.54. The van der Waals surface area contributed by atoms with Crippen molar-refractivity contribution in [2.45, 2.75) is 11.4 Å². The van der Waals surface area contributed by atoms with E-state index >= 15 is 0 Å². The molecule has 12 nitrogen and oxygen atoms in total. The number of hydrogen-bond acceptors (Lipinski definition) is 10. The molecule has 0 spiro atoms. The molecule has 0 aromatic carbocycles. The van der Waals surface area contributed by atoms with Crippen LogP contribution in [-0.2, 0) is 24.0 Å². The third-order valence-corrected chi connectivity index (χ3v) is 5.65. The van der Waals surface area contributed by atoms with Gasteiger partial charge >= 0.3 is 11.9 Å². The Balaban J connectivity index is 1.77. The molecule has 0 saturated carbocycles. The zero-order valence-corrected chi connectivity index (χ0v) is 16.1. The number of nitrogens with one attached hydrogen (secondary N) is 1. The summed E-state index contributed by atoms with van der Waals surface area (Å²) < 4.78 is 3.86. The Morgan fingerprint density at radius 3 is 2.79 bits per heavy atom. The Kier molecular flexibility index (Phi) is 5.93. The van der Waals surface area contributed by atoms with E-state index in [1.54, 1.807) is 0 Å². The Hall–Kier alpha value is -3.26. The van der Waals surface area contributed by atoms with Crippen LogP contribution in [0.25, 0.3) is 0 Å². The standard InChI is InChI=1S/C15H13N5O7S2/c1-2-6-4-28-14-9(13(24)20(14)10(6)15(25)26)17-12(23)8(11-16-5-29-19-11)18-27-3-7(21)22/h2,5,9,14H,1,3-4H2,(H,17,23)(H,21,22)(H,25,26)/t9?,14-/m1/s1. The number of carboxylic acid groups (broad SMARTS) is 2. The van der Waals surface area contributed by atoms with Crippen LogP contribution < -0.4 is 5.32 Å². The fourth-order valence-corrected chi connectivity index (χ4v) is 4.39. The molecule has 2 amide bonds. The Morgan fingerprint density at radius 2 is 2.21 bits per heavy atom. The van der Waals surface area contributed by atoms with E-state index in [0.29, 0.717) is 11.3 Å². The molecule has 2 aliphatic heterocycles. The largest absolute Gasteiger partial charge is 0.479 e. The van der Waals surface area contributed by atoms with Gasteiger partial charge in [0.1, 0.15) is 22.6 Å². The molecule has 3 N–H and O–H groups in total. The predicted molar refractivity (Wildman–Crippen MR) is 99.9 cm³/mol. The molecule has 152 valence electrons. The summed E-state index contributed by atoms with van der Waals surface area (Å²) in [5.74, 6) is -3.82. The van der Waals surface area contributed by atoms with Gasteiger partial charge in [0.25, 0.3) is 11.8 Å². The van der Waals surface area contributed by atoms with E-state index in [1.165, 1.54) is 23.3 Å². The first-order valence-corrected chi connectivity index (χ1v) is 9.76. The lowest BCUT2D eigenvalue weighted by molar-refractivity contribution is -0.150. The number of oxime groups is 1. The number of carbonyl (C=O) groups is 4. The van der Waals surface area contributed by atoms with Crippen LogP contribution in [0.2, 0.25) is 0 Å². The van der Waals surface area contributed by atoms with E-state index in [2.05, 4.69) is 31.2 Å². The first kappa shape index (κ1) is 20.5. The molecule has 29 heavy (non-hydrogen) atoms. The van der Waals surface area contributed by atoms with Crippen molar-refractivity contribution in [2.75, 3.05) is 12.4 Å². The van der Waals surface area contributed by atoms with Gasteiger partial charge in [0.05, 0.1) is 0 Å². The van der Waals surface area contributed by atoms with E-state index in [4.69, 9.17) is 5.11 Å². The third kappa shape index (κ3) is 3.97. The fraction of sp³-hybridized carbons (Fsp3) is 0.267. The summed E-state index contributed by atoms with van der Waals surface area (Å²) in [5, 5.41) is 23.3. The number of β-lactam (4-membered cyclic amide) rings is 1. The predicted octanol–water partition coefficient (Wildman–Crippen LogP) is -0.732. The Labute approximate surface area is 171 Å². The van der Waals surface area contributed by atoms with Crippen molar-refractivity contribution < 1.29 is 34.2 Å². The molecule has 0 bridgehead atoms. The van der Waals surface area contributed by atoms with E-state index in [9.17, 15) is 24.3 Å². The second kappa shape index (κ2) is 8.40. The maximum Gasteiger partial charge on any atom is 0.352 e. The number of amides is 2. The molecule has 2 aliphatic rings. The van der Waals surface area contributed by atoms with Gasteiger partial charge in [0.15, 0.2) is 0 Å². The minimum absolute atomic E-state index is 0.0992. The number of aromatic nitrogens is 2. The van der Waals surface area contributed by atoms with Crippen LogP contribution >= 0.6 is 23.3 Å². The van der Waals surface area contributed by atoms with E-state index in [0.717, 1.165) is 16.4 Å². The first-order chi connectivity index (χ1) is 13.8. The van der Waals surface area contributed by atoms with Gasteiger partial charge in [-0.2, -0.15) is 4.37 Å². The van der Waals surface area contributed by atoms with Gasteiger partial charge in [0.2, 0.25) is 18.1 Å². The third-order valence-electron chi connectivity index (χ3n) is 3.87. The molecule has 14 heteroatoms. The second-order valence-corrected chi connectivity index (χ2v) is 7.32. The van der Waals surface area contributed by atoms with Gasteiger partial charge in [0, 0.05) is 5.75 Å². The first-order valence-electron chi connectivity index (χ1n) is 7.88. The van der Waals surface area contributed by atoms with Crippen molar-refractivity contribution in [3.8, 4) is 0 Å². The number of carbonyl (C=O) groups excluding carboxylic acids is 2. The number of carboxylic acids is 2. The van der Waals surface area contributed by atoms with E-state index in [1.807, 2.05) is 0 Å². The molecular formula is C15H13N5O7S2. The van der Waals surface area contributed by atoms with Gasteiger partial charge < -0.3 is 20.4 Å². The van der Waals surface area contributed by atoms with Crippen LogP contribution in [0.15, 0.2) is 34.6 Å². The molecule has 1 unspecified atom stereocenters. The fourth-order valence-electron chi connectivity index (χ4n) is 2.62. The summed E-state index contributed by atoms with van der Waals surface area (Å²) >= 11 is 2.21. The summed E-state index contributed by atoms with van der Waals surface area (Å²) in [5.41, 5.74) is 1.18. The van der Waals surface area contributed by atoms with E-state index in [-0.39, 0.29) is 11.5 Å². The van der Waals surface area contributed by atoms with E-state index < -0.39 is 47.5 Å². The maximum atomic E-state index is 12.6. The molecule has 0 radical (unpaired) electrons. The molecular weight excluding hydrogens is 426 g/mol. The molecule has 3 heterocycles. The molecule has 0 aliphatic carbocycles. The van der Waals surface area contributed by atoms with Crippen molar-refractivity contribution in [2.24, 2.45) is 5.16 Å². The molecule has 1 fully saturated rings.